The summed E-state index contributed by atoms with van der Waals surface area (Å²) in [6.45, 7) is 8.59. The molecular weight excluding hydrogens is 629 g/mol. The summed E-state index contributed by atoms with van der Waals surface area (Å²) < 4.78 is 57.5. The maximum absolute atomic E-state index is 14.0. The SMILES string of the molecule is CCN(C(C)C)S(=O)(=O)CC[C@@H]1O[C@@H]1[C@H](Cc1ccccc1)NC(=O)[C@@H](NC(=O)c1ccc2ccccc2n1)C(C)(C)S(C)(=O)=O. The second kappa shape index (κ2) is 14.2. The molecule has 1 aromatic heterocycles. The summed E-state index contributed by atoms with van der Waals surface area (Å²) >= 11 is 0. The van der Waals surface area contributed by atoms with Crippen molar-refractivity contribution in [2.75, 3.05) is 18.6 Å². The Labute approximate surface area is 272 Å². The minimum atomic E-state index is -3.86. The van der Waals surface area contributed by atoms with E-state index in [1.54, 1.807) is 25.1 Å². The van der Waals surface area contributed by atoms with E-state index in [1.165, 1.54) is 24.2 Å². The monoisotopic (exact) mass is 672 g/mol. The molecule has 11 nitrogen and oxygen atoms in total. The average Bonchev–Trinajstić information content (AvgIpc) is 3.78. The van der Waals surface area contributed by atoms with Crippen molar-refractivity contribution in [1.29, 1.82) is 0 Å². The fourth-order valence-electron chi connectivity index (χ4n) is 5.56. The number of aromatic nitrogens is 1. The lowest BCUT2D eigenvalue weighted by atomic mass is 9.98. The number of nitrogens with zero attached hydrogens (tertiary/aromatic N) is 2. The summed E-state index contributed by atoms with van der Waals surface area (Å²) in [5, 5.41) is 6.41. The van der Waals surface area contributed by atoms with Gasteiger partial charge in [-0.1, -0.05) is 61.5 Å². The fraction of sp³-hybridized carbons (Fsp3) is 0.485. The highest BCUT2D eigenvalue weighted by atomic mass is 32.2. The Morgan fingerprint density at radius 2 is 1.61 bits per heavy atom. The molecular formula is C33H44N4O7S2. The summed E-state index contributed by atoms with van der Waals surface area (Å²) in [7, 11) is -7.38. The van der Waals surface area contributed by atoms with Crippen molar-refractivity contribution >= 4 is 42.6 Å². The molecule has 0 saturated carbocycles. The topological polar surface area (TPSA) is 155 Å². The van der Waals surface area contributed by atoms with Gasteiger partial charge in [-0.05, 0) is 58.2 Å². The molecule has 1 aliphatic rings. The molecule has 0 spiro atoms. The molecule has 3 aromatic rings. The Bertz CT molecular complexity index is 1760. The van der Waals surface area contributed by atoms with Crippen molar-refractivity contribution in [3.8, 4) is 0 Å². The Hall–Kier alpha value is -3.39. The number of hydrogen-bond donors (Lipinski definition) is 2. The normalized spacial score (nSPS) is 18.3. The van der Waals surface area contributed by atoms with Gasteiger partial charge in [0.25, 0.3) is 5.91 Å². The zero-order chi connectivity index (χ0) is 33.9. The lowest BCUT2D eigenvalue weighted by Gasteiger charge is -2.33. The molecule has 46 heavy (non-hydrogen) atoms. The summed E-state index contributed by atoms with van der Waals surface area (Å²) in [5.41, 5.74) is 1.52. The Morgan fingerprint density at radius 3 is 2.24 bits per heavy atom. The molecule has 2 amide bonds. The lowest BCUT2D eigenvalue weighted by molar-refractivity contribution is -0.124. The lowest BCUT2D eigenvalue weighted by Crippen LogP contribution is -2.62. The highest BCUT2D eigenvalue weighted by Crippen LogP contribution is 2.32. The van der Waals surface area contributed by atoms with E-state index < -0.39 is 60.7 Å². The van der Waals surface area contributed by atoms with Crippen LogP contribution in [0.3, 0.4) is 0 Å². The summed E-state index contributed by atoms with van der Waals surface area (Å²) in [5.74, 6) is -1.51. The number of hydrogen-bond acceptors (Lipinski definition) is 8. The second-order valence-electron chi connectivity index (χ2n) is 12.5. The number of sulfonamides is 1. The van der Waals surface area contributed by atoms with Crippen LogP contribution in [-0.2, 0) is 35.8 Å². The zero-order valence-corrected chi connectivity index (χ0v) is 28.8. The van der Waals surface area contributed by atoms with Crippen LogP contribution >= 0.6 is 0 Å². The number of benzene rings is 2. The molecule has 13 heteroatoms. The van der Waals surface area contributed by atoms with Crippen LogP contribution in [0.5, 0.6) is 0 Å². The van der Waals surface area contributed by atoms with Crippen LogP contribution in [0.25, 0.3) is 10.9 Å². The number of amides is 2. The van der Waals surface area contributed by atoms with Crippen molar-refractivity contribution in [3.63, 3.8) is 0 Å². The van der Waals surface area contributed by atoms with Gasteiger partial charge in [0.05, 0.1) is 28.2 Å². The first-order chi connectivity index (χ1) is 21.5. The number of para-hydroxylation sites is 1. The van der Waals surface area contributed by atoms with Gasteiger partial charge in [0.15, 0.2) is 9.84 Å². The standard InChI is InChI=1S/C33H44N4O7S2/c1-7-37(22(2)3)46(42,43)20-19-28-29(44-28)27(21-23-13-9-8-10-14-23)35-32(39)30(33(4,5)45(6,40)41)36-31(38)26-18-17-24-15-11-12-16-25(24)34-26/h8-18,22,27-30H,7,19-21H2,1-6H3,(H,35,39)(H,36,38)/t27-,28-,29+,30+/m0/s1. The van der Waals surface area contributed by atoms with E-state index in [1.807, 2.05) is 56.3 Å². The van der Waals surface area contributed by atoms with Crippen LogP contribution in [0.15, 0.2) is 66.7 Å². The van der Waals surface area contributed by atoms with Gasteiger partial charge in [-0.25, -0.2) is 21.8 Å². The molecule has 4 atom stereocenters. The maximum Gasteiger partial charge on any atom is 0.270 e. The van der Waals surface area contributed by atoms with Crippen molar-refractivity contribution in [3.05, 3.63) is 78.0 Å². The molecule has 1 aliphatic heterocycles. The van der Waals surface area contributed by atoms with Crippen molar-refractivity contribution in [1.82, 2.24) is 19.9 Å². The molecule has 250 valence electrons. The minimum absolute atomic E-state index is 0.0379. The molecule has 2 N–H and O–H groups in total. The van der Waals surface area contributed by atoms with E-state index in [4.69, 9.17) is 4.74 Å². The van der Waals surface area contributed by atoms with Gasteiger partial charge < -0.3 is 15.4 Å². The van der Waals surface area contributed by atoms with Crippen LogP contribution < -0.4 is 10.6 Å². The molecule has 1 fully saturated rings. The van der Waals surface area contributed by atoms with Crippen molar-refractivity contribution in [2.45, 2.75) is 82.5 Å². The summed E-state index contributed by atoms with van der Waals surface area (Å²) in [4.78, 5) is 31.8. The van der Waals surface area contributed by atoms with Crippen molar-refractivity contribution in [2.24, 2.45) is 0 Å². The van der Waals surface area contributed by atoms with Gasteiger partial charge in [0, 0.05) is 24.2 Å². The third-order valence-corrected chi connectivity index (χ3v) is 12.9. The molecule has 1 saturated heterocycles. The first-order valence-electron chi connectivity index (χ1n) is 15.4. The smallest absolute Gasteiger partial charge is 0.270 e. The van der Waals surface area contributed by atoms with E-state index in [0.717, 1.165) is 17.2 Å². The summed E-state index contributed by atoms with van der Waals surface area (Å²) in [6.07, 6.45) is 0.673. The third-order valence-electron chi connectivity index (χ3n) is 8.57. The maximum atomic E-state index is 14.0. The van der Waals surface area contributed by atoms with Crippen molar-refractivity contribution < 1.29 is 31.2 Å². The van der Waals surface area contributed by atoms with E-state index in [0.29, 0.717) is 18.5 Å². The minimum Gasteiger partial charge on any atom is -0.367 e. The Morgan fingerprint density at radius 1 is 0.957 bits per heavy atom. The van der Waals surface area contributed by atoms with Gasteiger partial charge in [-0.2, -0.15) is 4.31 Å². The fourth-order valence-corrected chi connectivity index (χ4v) is 7.95. The molecule has 2 aromatic carbocycles. The van der Waals surface area contributed by atoms with Crippen LogP contribution in [0, 0.1) is 0 Å². The third kappa shape index (κ3) is 8.30. The molecule has 0 aliphatic carbocycles. The summed E-state index contributed by atoms with van der Waals surface area (Å²) in [6, 6.07) is 17.6. The number of epoxide rings is 1. The first-order valence-corrected chi connectivity index (χ1v) is 18.9. The zero-order valence-electron chi connectivity index (χ0n) is 27.1. The van der Waals surface area contributed by atoms with E-state index >= 15 is 0 Å². The molecule has 0 unspecified atom stereocenters. The number of sulfone groups is 1. The van der Waals surface area contributed by atoms with Crippen LogP contribution in [0.4, 0.5) is 0 Å². The average molecular weight is 673 g/mol. The second-order valence-corrected chi connectivity index (χ2v) is 17.2. The van der Waals surface area contributed by atoms with Gasteiger partial charge in [0.1, 0.15) is 17.8 Å². The Balaban J connectivity index is 1.57. The van der Waals surface area contributed by atoms with Crippen LogP contribution in [0.2, 0.25) is 0 Å². The number of rotatable bonds is 15. The molecule has 4 rings (SSSR count). The largest absolute Gasteiger partial charge is 0.367 e. The van der Waals surface area contributed by atoms with Gasteiger partial charge in [-0.3, -0.25) is 9.59 Å². The number of fused-ring (bicyclic) bond motifs is 1. The predicted molar refractivity (Wildman–Crippen MR) is 179 cm³/mol. The predicted octanol–water partition coefficient (Wildman–Crippen LogP) is 3.10. The molecule has 0 bridgehead atoms. The highest BCUT2D eigenvalue weighted by Gasteiger charge is 2.49. The first kappa shape index (κ1) is 35.5. The number of carbonyl (C=O) groups excluding carboxylic acids is 2. The van der Waals surface area contributed by atoms with E-state index in [-0.39, 0.29) is 23.9 Å². The van der Waals surface area contributed by atoms with Crippen LogP contribution in [-0.4, -0.2) is 91.6 Å². The quantitative estimate of drug-likeness (QED) is 0.234. The number of nitrogens with one attached hydrogen (secondary N) is 2. The number of carbonyl (C=O) groups is 2. The van der Waals surface area contributed by atoms with E-state index in [9.17, 15) is 26.4 Å². The van der Waals surface area contributed by atoms with Gasteiger partial charge in [0.2, 0.25) is 15.9 Å². The van der Waals surface area contributed by atoms with Gasteiger partial charge >= 0.3 is 0 Å². The Kier molecular flexibility index (Phi) is 10.9. The number of pyridine rings is 1. The van der Waals surface area contributed by atoms with E-state index in [2.05, 4.69) is 15.6 Å². The molecule has 0 radical (unpaired) electrons. The van der Waals surface area contributed by atoms with Gasteiger partial charge in [-0.15, -0.1) is 0 Å². The molecule has 2 heterocycles. The van der Waals surface area contributed by atoms with Crippen LogP contribution in [0.1, 0.15) is 57.1 Å². The number of ether oxygens (including phenoxy) is 1. The highest BCUT2D eigenvalue weighted by molar-refractivity contribution is 7.92.